The Balaban J connectivity index is 1.48. The van der Waals surface area contributed by atoms with E-state index in [-0.39, 0.29) is 17.6 Å². The molecule has 150 valence electrons. The molecule has 0 bridgehead atoms. The third kappa shape index (κ3) is 5.59. The summed E-state index contributed by atoms with van der Waals surface area (Å²) >= 11 is 2.74. The van der Waals surface area contributed by atoms with Gasteiger partial charge in [0.25, 0.3) is 0 Å². The number of nitrogens with two attached hydrogens (primary N) is 1. The Hall–Kier alpha value is -2.33. The molecule has 1 aromatic heterocycles. The Bertz CT molecular complexity index is 804. The molecule has 1 saturated heterocycles. The van der Waals surface area contributed by atoms with E-state index in [1.54, 1.807) is 0 Å². The summed E-state index contributed by atoms with van der Waals surface area (Å²) in [5, 5.41) is 9.08. The van der Waals surface area contributed by atoms with Crippen LogP contribution in [0.15, 0.2) is 28.6 Å². The topological polar surface area (TPSA) is 102 Å². The summed E-state index contributed by atoms with van der Waals surface area (Å²) in [4.78, 5) is 27.4. The van der Waals surface area contributed by atoms with Gasteiger partial charge in [0.05, 0.1) is 18.8 Å². The van der Waals surface area contributed by atoms with E-state index in [0.29, 0.717) is 39.2 Å². The van der Waals surface area contributed by atoms with Crippen molar-refractivity contribution >= 4 is 40.0 Å². The van der Waals surface area contributed by atoms with Crippen molar-refractivity contribution in [3.8, 4) is 5.75 Å². The van der Waals surface area contributed by atoms with Gasteiger partial charge in [-0.3, -0.25) is 9.59 Å². The number of thioether (sulfide) groups is 1. The predicted octanol–water partition coefficient (Wildman–Crippen LogP) is 1.41. The normalized spacial score (nSPS) is 14.2. The fraction of sp³-hybridized carbons (Fsp3) is 0.444. The number of anilines is 1. The number of benzene rings is 1. The lowest BCUT2D eigenvalue weighted by atomic mass is 10.1. The Kier molecular flexibility index (Phi) is 7.10. The zero-order valence-electron chi connectivity index (χ0n) is 15.7. The SMILES string of the molecule is CCOc1ccc(CC(=O)N2CCN(c3nnc(SCC(N)=O)s3)CC2)cc1. The van der Waals surface area contributed by atoms with Crippen LogP contribution in [0.25, 0.3) is 0 Å². The molecule has 0 aliphatic carbocycles. The number of piperazine rings is 1. The highest BCUT2D eigenvalue weighted by Crippen LogP contribution is 2.28. The molecule has 0 spiro atoms. The van der Waals surface area contributed by atoms with Gasteiger partial charge in [-0.25, -0.2) is 0 Å². The number of primary amides is 1. The summed E-state index contributed by atoms with van der Waals surface area (Å²) in [6.45, 7) is 5.30. The molecule has 2 N–H and O–H groups in total. The van der Waals surface area contributed by atoms with Crippen LogP contribution in [0.1, 0.15) is 12.5 Å². The summed E-state index contributed by atoms with van der Waals surface area (Å²) in [7, 11) is 0. The molecule has 2 aromatic rings. The van der Waals surface area contributed by atoms with E-state index in [9.17, 15) is 9.59 Å². The molecule has 0 radical (unpaired) electrons. The molecular weight excluding hydrogens is 398 g/mol. The van der Waals surface area contributed by atoms with Gasteiger partial charge in [0.1, 0.15) is 5.75 Å². The quantitative estimate of drug-likeness (QED) is 0.643. The molecule has 0 saturated carbocycles. The van der Waals surface area contributed by atoms with Gasteiger partial charge in [-0.1, -0.05) is 35.2 Å². The van der Waals surface area contributed by atoms with Gasteiger partial charge in [-0.2, -0.15) is 0 Å². The number of nitrogens with zero attached hydrogens (tertiary/aromatic N) is 4. The van der Waals surface area contributed by atoms with Gasteiger partial charge >= 0.3 is 0 Å². The smallest absolute Gasteiger partial charge is 0.227 e. The highest BCUT2D eigenvalue weighted by molar-refractivity contribution is 8.01. The highest BCUT2D eigenvalue weighted by atomic mass is 32.2. The summed E-state index contributed by atoms with van der Waals surface area (Å²) in [6, 6.07) is 7.66. The van der Waals surface area contributed by atoms with Gasteiger partial charge in [0, 0.05) is 26.2 Å². The maximum atomic E-state index is 12.6. The fourth-order valence-corrected chi connectivity index (χ4v) is 4.46. The zero-order chi connectivity index (χ0) is 19.9. The van der Waals surface area contributed by atoms with Crippen LogP contribution in [0.5, 0.6) is 5.75 Å². The van der Waals surface area contributed by atoms with Crippen LogP contribution in [0.3, 0.4) is 0 Å². The second-order valence-corrected chi connectivity index (χ2v) is 8.41. The minimum atomic E-state index is -0.374. The van der Waals surface area contributed by atoms with Crippen molar-refractivity contribution in [2.45, 2.75) is 17.7 Å². The van der Waals surface area contributed by atoms with Crippen LogP contribution in [-0.4, -0.2) is 65.5 Å². The monoisotopic (exact) mass is 421 g/mol. The largest absolute Gasteiger partial charge is 0.494 e. The molecule has 10 heteroatoms. The van der Waals surface area contributed by atoms with Crippen LogP contribution in [0.4, 0.5) is 5.13 Å². The number of carbonyl (C=O) groups excluding carboxylic acids is 2. The molecule has 1 aliphatic rings. The number of rotatable bonds is 8. The van der Waals surface area contributed by atoms with Crippen molar-refractivity contribution in [2.75, 3.05) is 43.4 Å². The average molecular weight is 422 g/mol. The number of ether oxygens (including phenoxy) is 1. The Morgan fingerprint density at radius 1 is 1.18 bits per heavy atom. The summed E-state index contributed by atoms with van der Waals surface area (Å²) < 4.78 is 6.15. The van der Waals surface area contributed by atoms with Gasteiger partial charge in [-0.15, -0.1) is 10.2 Å². The van der Waals surface area contributed by atoms with E-state index < -0.39 is 0 Å². The molecular formula is C18H23N5O3S2. The Morgan fingerprint density at radius 2 is 1.89 bits per heavy atom. The van der Waals surface area contributed by atoms with E-state index in [2.05, 4.69) is 15.1 Å². The van der Waals surface area contributed by atoms with Crippen LogP contribution >= 0.6 is 23.1 Å². The molecule has 2 amide bonds. The van der Waals surface area contributed by atoms with Gasteiger partial charge in [0.2, 0.25) is 16.9 Å². The minimum Gasteiger partial charge on any atom is -0.494 e. The highest BCUT2D eigenvalue weighted by Gasteiger charge is 2.23. The summed E-state index contributed by atoms with van der Waals surface area (Å²) in [6.07, 6.45) is 0.388. The van der Waals surface area contributed by atoms with Crippen LogP contribution in [0.2, 0.25) is 0 Å². The lowest BCUT2D eigenvalue weighted by Gasteiger charge is -2.34. The Labute approximate surface area is 172 Å². The van der Waals surface area contributed by atoms with Gasteiger partial charge in [0.15, 0.2) is 4.34 Å². The number of amides is 2. The van der Waals surface area contributed by atoms with Crippen LogP contribution < -0.4 is 15.4 Å². The molecule has 3 rings (SSSR count). The first kappa shape index (κ1) is 20.4. The molecule has 2 heterocycles. The van der Waals surface area contributed by atoms with Crippen molar-refractivity contribution in [3.63, 3.8) is 0 Å². The Morgan fingerprint density at radius 3 is 2.54 bits per heavy atom. The number of aromatic nitrogens is 2. The second kappa shape index (κ2) is 9.74. The van der Waals surface area contributed by atoms with Crippen LogP contribution in [0, 0.1) is 0 Å². The van der Waals surface area contributed by atoms with E-state index in [0.717, 1.165) is 20.8 Å². The predicted molar refractivity (Wildman–Crippen MR) is 110 cm³/mol. The van der Waals surface area contributed by atoms with E-state index in [1.165, 1.54) is 23.1 Å². The van der Waals surface area contributed by atoms with E-state index >= 15 is 0 Å². The first-order valence-electron chi connectivity index (χ1n) is 9.04. The minimum absolute atomic E-state index is 0.124. The third-order valence-corrected chi connectivity index (χ3v) is 6.37. The third-order valence-electron chi connectivity index (χ3n) is 4.23. The first-order chi connectivity index (χ1) is 13.5. The van der Waals surface area contributed by atoms with Crippen molar-refractivity contribution in [2.24, 2.45) is 5.73 Å². The standard InChI is InChI=1S/C18H23N5O3S2/c1-2-26-14-5-3-13(4-6-14)11-16(25)22-7-9-23(10-8-22)17-20-21-18(28-17)27-12-15(19)24/h3-6H,2,7-12H2,1H3,(H2,19,24). The molecule has 1 aliphatic heterocycles. The van der Waals surface area contributed by atoms with Crippen LogP contribution in [-0.2, 0) is 16.0 Å². The first-order valence-corrected chi connectivity index (χ1v) is 10.8. The van der Waals surface area contributed by atoms with Gasteiger partial charge < -0.3 is 20.3 Å². The second-order valence-electron chi connectivity index (χ2n) is 6.23. The van der Waals surface area contributed by atoms with Gasteiger partial charge in [-0.05, 0) is 24.6 Å². The molecule has 1 aromatic carbocycles. The zero-order valence-corrected chi connectivity index (χ0v) is 17.3. The molecule has 28 heavy (non-hydrogen) atoms. The number of carbonyl (C=O) groups is 2. The average Bonchev–Trinajstić information content (AvgIpc) is 3.17. The summed E-state index contributed by atoms with van der Waals surface area (Å²) in [5.74, 6) is 0.764. The maximum Gasteiger partial charge on any atom is 0.227 e. The van der Waals surface area contributed by atoms with E-state index in [4.69, 9.17) is 10.5 Å². The maximum absolute atomic E-state index is 12.6. The molecule has 0 unspecified atom stereocenters. The van der Waals surface area contributed by atoms with Crippen molar-refractivity contribution < 1.29 is 14.3 Å². The van der Waals surface area contributed by atoms with Crippen molar-refractivity contribution in [3.05, 3.63) is 29.8 Å². The summed E-state index contributed by atoms with van der Waals surface area (Å²) in [5.41, 5.74) is 6.13. The molecule has 8 nitrogen and oxygen atoms in total. The van der Waals surface area contributed by atoms with Crippen molar-refractivity contribution in [1.82, 2.24) is 15.1 Å². The fourth-order valence-electron chi connectivity index (χ4n) is 2.83. The number of hydrogen-bond donors (Lipinski definition) is 1. The lowest BCUT2D eigenvalue weighted by Crippen LogP contribution is -2.49. The van der Waals surface area contributed by atoms with E-state index in [1.807, 2.05) is 36.1 Å². The molecule has 1 fully saturated rings. The van der Waals surface area contributed by atoms with Crippen molar-refractivity contribution in [1.29, 1.82) is 0 Å². The lowest BCUT2D eigenvalue weighted by molar-refractivity contribution is -0.130. The number of hydrogen-bond acceptors (Lipinski definition) is 8. The molecule has 0 atom stereocenters.